The third kappa shape index (κ3) is 5.12. The largest absolute Gasteiger partial charge is 0.349 e. The van der Waals surface area contributed by atoms with Crippen molar-refractivity contribution in [3.8, 4) is 28.2 Å². The van der Waals surface area contributed by atoms with Gasteiger partial charge in [-0.15, -0.1) is 0 Å². The van der Waals surface area contributed by atoms with E-state index in [0.717, 1.165) is 58.6 Å². The van der Waals surface area contributed by atoms with Crippen molar-refractivity contribution in [2.24, 2.45) is 0 Å². The number of nitrogens with one attached hydrogen (secondary N) is 1. The van der Waals surface area contributed by atoms with Crippen LogP contribution in [0.1, 0.15) is 28.8 Å². The molecule has 3 aromatic carbocycles. The van der Waals surface area contributed by atoms with Gasteiger partial charge in [-0.2, -0.15) is 0 Å². The Bertz CT molecular complexity index is 1330. The van der Waals surface area contributed by atoms with Crippen molar-refractivity contribution in [2.45, 2.75) is 25.8 Å². The SMILES string of the molecule is Cc1ccccc1-n1c(-c2ccc(Br)cc2)ccc1-c1cccc(C(=O)NC2CCN(C)CC2)c1. The van der Waals surface area contributed by atoms with Gasteiger partial charge in [-0.05, 0) is 99.1 Å². The van der Waals surface area contributed by atoms with Crippen LogP contribution in [-0.4, -0.2) is 41.6 Å². The van der Waals surface area contributed by atoms with Crippen LogP contribution in [-0.2, 0) is 0 Å². The molecule has 35 heavy (non-hydrogen) atoms. The molecule has 5 heteroatoms. The minimum atomic E-state index is 0.00327. The first-order valence-corrected chi connectivity index (χ1v) is 12.9. The Morgan fingerprint density at radius 1 is 0.857 bits per heavy atom. The molecule has 1 aliphatic rings. The number of aryl methyl sites for hydroxylation is 1. The molecule has 1 saturated heterocycles. The van der Waals surface area contributed by atoms with E-state index in [0.29, 0.717) is 5.56 Å². The number of piperidine rings is 1. The summed E-state index contributed by atoms with van der Waals surface area (Å²) in [6.07, 6.45) is 1.99. The van der Waals surface area contributed by atoms with Gasteiger partial charge in [0, 0.05) is 21.8 Å². The van der Waals surface area contributed by atoms with Gasteiger partial charge >= 0.3 is 0 Å². The highest BCUT2D eigenvalue weighted by molar-refractivity contribution is 9.10. The van der Waals surface area contributed by atoms with E-state index in [-0.39, 0.29) is 11.9 Å². The Morgan fingerprint density at radius 2 is 1.54 bits per heavy atom. The Kier molecular flexibility index (Phi) is 6.89. The van der Waals surface area contributed by atoms with E-state index < -0.39 is 0 Å². The number of amides is 1. The molecule has 4 nitrogen and oxygen atoms in total. The standard InChI is InChI=1S/C30H30BrN3O/c1-21-6-3-4-9-27(21)34-28(22-10-12-25(31)13-11-22)14-15-29(34)23-7-5-8-24(20-23)30(35)32-26-16-18-33(2)19-17-26/h3-15,20,26H,16-19H2,1-2H3,(H,32,35). The third-order valence-electron chi connectivity index (χ3n) is 6.85. The fraction of sp³-hybridized carbons (Fsp3) is 0.233. The summed E-state index contributed by atoms with van der Waals surface area (Å²) >= 11 is 3.55. The van der Waals surface area contributed by atoms with Gasteiger partial charge in [0.1, 0.15) is 0 Å². The zero-order valence-corrected chi connectivity index (χ0v) is 21.8. The smallest absolute Gasteiger partial charge is 0.251 e. The fourth-order valence-corrected chi connectivity index (χ4v) is 5.09. The van der Waals surface area contributed by atoms with Gasteiger partial charge in [-0.25, -0.2) is 0 Å². The molecule has 0 spiro atoms. The summed E-state index contributed by atoms with van der Waals surface area (Å²) < 4.78 is 3.35. The van der Waals surface area contributed by atoms with E-state index in [1.54, 1.807) is 0 Å². The zero-order valence-electron chi connectivity index (χ0n) is 20.2. The predicted molar refractivity (Wildman–Crippen MR) is 147 cm³/mol. The maximum atomic E-state index is 13.1. The van der Waals surface area contributed by atoms with Crippen LogP contribution in [0.4, 0.5) is 0 Å². The molecule has 0 unspecified atom stereocenters. The average Bonchev–Trinajstić information content (AvgIpc) is 3.31. The normalized spacial score (nSPS) is 14.7. The van der Waals surface area contributed by atoms with Crippen LogP contribution in [0.2, 0.25) is 0 Å². The highest BCUT2D eigenvalue weighted by atomic mass is 79.9. The summed E-state index contributed by atoms with van der Waals surface area (Å²) in [6.45, 7) is 4.18. The number of aromatic nitrogens is 1. The molecule has 5 rings (SSSR count). The molecule has 1 aromatic heterocycles. The lowest BCUT2D eigenvalue weighted by Gasteiger charge is -2.29. The fourth-order valence-electron chi connectivity index (χ4n) is 4.82. The van der Waals surface area contributed by atoms with Gasteiger partial charge in [0.15, 0.2) is 0 Å². The second-order valence-electron chi connectivity index (χ2n) is 9.36. The Morgan fingerprint density at radius 3 is 2.26 bits per heavy atom. The van der Waals surface area contributed by atoms with Crippen molar-refractivity contribution in [2.75, 3.05) is 20.1 Å². The van der Waals surface area contributed by atoms with E-state index in [4.69, 9.17) is 0 Å². The van der Waals surface area contributed by atoms with Gasteiger partial charge in [-0.1, -0.05) is 58.4 Å². The number of carbonyl (C=O) groups excluding carboxylic acids is 1. The van der Waals surface area contributed by atoms with E-state index in [2.05, 4.69) is 111 Å². The topological polar surface area (TPSA) is 37.3 Å². The van der Waals surface area contributed by atoms with Crippen molar-refractivity contribution >= 4 is 21.8 Å². The summed E-state index contributed by atoms with van der Waals surface area (Å²) in [7, 11) is 2.13. The van der Waals surface area contributed by atoms with Crippen molar-refractivity contribution < 1.29 is 4.79 Å². The summed E-state index contributed by atoms with van der Waals surface area (Å²) in [5.74, 6) is 0.00327. The molecule has 0 saturated carbocycles. The van der Waals surface area contributed by atoms with E-state index in [1.165, 1.54) is 5.56 Å². The number of hydrogen-bond donors (Lipinski definition) is 1. The van der Waals surface area contributed by atoms with Crippen LogP contribution in [0.15, 0.2) is 89.4 Å². The number of carbonyl (C=O) groups is 1. The molecule has 1 amide bonds. The monoisotopic (exact) mass is 527 g/mol. The number of rotatable bonds is 5. The molecule has 4 aromatic rings. The van der Waals surface area contributed by atoms with Crippen molar-refractivity contribution in [3.05, 3.63) is 101 Å². The minimum absolute atomic E-state index is 0.00327. The zero-order chi connectivity index (χ0) is 24.4. The number of para-hydroxylation sites is 1. The number of nitrogens with zero attached hydrogens (tertiary/aromatic N) is 2. The molecular weight excluding hydrogens is 498 g/mol. The second-order valence-corrected chi connectivity index (χ2v) is 10.3. The Hall–Kier alpha value is -3.15. The van der Waals surface area contributed by atoms with Crippen LogP contribution in [0.25, 0.3) is 28.2 Å². The molecular formula is C30H30BrN3O. The van der Waals surface area contributed by atoms with Crippen molar-refractivity contribution in [3.63, 3.8) is 0 Å². The molecule has 0 bridgehead atoms. The number of likely N-dealkylation sites (tertiary alicyclic amines) is 1. The first-order chi connectivity index (χ1) is 17.0. The lowest BCUT2D eigenvalue weighted by molar-refractivity contribution is 0.0917. The lowest BCUT2D eigenvalue weighted by Crippen LogP contribution is -2.43. The first kappa shape index (κ1) is 23.6. The van der Waals surface area contributed by atoms with Gasteiger partial charge in [0.2, 0.25) is 0 Å². The minimum Gasteiger partial charge on any atom is -0.349 e. The van der Waals surface area contributed by atoms with Crippen molar-refractivity contribution in [1.82, 2.24) is 14.8 Å². The maximum absolute atomic E-state index is 13.1. The molecule has 0 atom stereocenters. The predicted octanol–water partition coefficient (Wildman–Crippen LogP) is 6.71. The average molecular weight is 528 g/mol. The summed E-state index contributed by atoms with van der Waals surface area (Å²) in [6, 6.07) is 29.4. The Balaban J connectivity index is 1.53. The second kappa shape index (κ2) is 10.2. The molecule has 2 heterocycles. The molecule has 1 aliphatic heterocycles. The van der Waals surface area contributed by atoms with Gasteiger partial charge in [0.25, 0.3) is 5.91 Å². The number of benzene rings is 3. The quantitative estimate of drug-likeness (QED) is 0.313. The van der Waals surface area contributed by atoms with Gasteiger partial charge in [0.05, 0.1) is 11.4 Å². The van der Waals surface area contributed by atoms with Gasteiger partial charge in [-0.3, -0.25) is 4.79 Å². The Labute approximate surface area is 215 Å². The van der Waals surface area contributed by atoms with E-state index >= 15 is 0 Å². The molecule has 1 fully saturated rings. The molecule has 0 radical (unpaired) electrons. The van der Waals surface area contributed by atoms with Gasteiger partial charge < -0.3 is 14.8 Å². The lowest BCUT2D eigenvalue weighted by atomic mass is 10.0. The number of hydrogen-bond acceptors (Lipinski definition) is 2. The maximum Gasteiger partial charge on any atom is 0.251 e. The van der Waals surface area contributed by atoms with E-state index in [9.17, 15) is 4.79 Å². The van der Waals surface area contributed by atoms with Crippen molar-refractivity contribution in [1.29, 1.82) is 0 Å². The first-order valence-electron chi connectivity index (χ1n) is 12.1. The van der Waals surface area contributed by atoms with E-state index in [1.807, 2.05) is 18.2 Å². The van der Waals surface area contributed by atoms with Crippen LogP contribution in [0.3, 0.4) is 0 Å². The van der Waals surface area contributed by atoms with Crippen LogP contribution < -0.4 is 5.32 Å². The van der Waals surface area contributed by atoms with Crippen LogP contribution in [0.5, 0.6) is 0 Å². The molecule has 1 N–H and O–H groups in total. The molecule has 178 valence electrons. The summed E-state index contributed by atoms with van der Waals surface area (Å²) in [5, 5.41) is 3.25. The highest BCUT2D eigenvalue weighted by Crippen LogP contribution is 2.34. The van der Waals surface area contributed by atoms with Crippen LogP contribution >= 0.6 is 15.9 Å². The third-order valence-corrected chi connectivity index (χ3v) is 7.38. The summed E-state index contributed by atoms with van der Waals surface area (Å²) in [5.41, 5.74) is 7.36. The summed E-state index contributed by atoms with van der Waals surface area (Å²) in [4.78, 5) is 15.4. The number of halogens is 1. The molecule has 0 aliphatic carbocycles. The van der Waals surface area contributed by atoms with Crippen LogP contribution in [0, 0.1) is 6.92 Å². The highest BCUT2D eigenvalue weighted by Gasteiger charge is 2.20.